The molecule has 1 atom stereocenters. The zero-order valence-corrected chi connectivity index (χ0v) is 10.5. The molecule has 0 aliphatic carbocycles. The summed E-state index contributed by atoms with van der Waals surface area (Å²) in [5, 5.41) is 11.8. The number of rotatable bonds is 5. The van der Waals surface area contributed by atoms with Crippen molar-refractivity contribution >= 4 is 11.8 Å². The van der Waals surface area contributed by atoms with Crippen LogP contribution in [0, 0.1) is 0 Å². The van der Waals surface area contributed by atoms with E-state index in [4.69, 9.17) is 5.73 Å². The molecular formula is C11H15N5S. The van der Waals surface area contributed by atoms with E-state index in [1.54, 1.807) is 18.8 Å². The Morgan fingerprint density at radius 2 is 2.12 bits per heavy atom. The highest BCUT2D eigenvalue weighted by molar-refractivity contribution is 7.99. The summed E-state index contributed by atoms with van der Waals surface area (Å²) in [6.45, 7) is 0. The van der Waals surface area contributed by atoms with E-state index in [9.17, 15) is 0 Å². The first-order valence-corrected chi connectivity index (χ1v) is 6.39. The summed E-state index contributed by atoms with van der Waals surface area (Å²) in [5.41, 5.74) is 6.02. The van der Waals surface area contributed by atoms with Gasteiger partial charge in [-0.2, -0.15) is 4.80 Å². The molecule has 0 aliphatic rings. The molecule has 6 heteroatoms. The molecule has 1 heterocycles. The van der Waals surface area contributed by atoms with E-state index in [1.165, 1.54) is 9.69 Å². The number of nitrogens with two attached hydrogens (primary N) is 1. The lowest BCUT2D eigenvalue weighted by atomic mass is 10.2. The molecule has 1 aromatic heterocycles. The zero-order chi connectivity index (χ0) is 12.1. The predicted octanol–water partition coefficient (Wildman–Crippen LogP) is 0.872. The number of aryl methyl sites for hydroxylation is 1. The number of thioether (sulfide) groups is 1. The van der Waals surface area contributed by atoms with Crippen LogP contribution in [-0.4, -0.2) is 32.0 Å². The van der Waals surface area contributed by atoms with E-state index in [2.05, 4.69) is 27.5 Å². The van der Waals surface area contributed by atoms with Gasteiger partial charge in [-0.25, -0.2) is 0 Å². The fraction of sp³-hybridized carbons (Fsp3) is 0.364. The van der Waals surface area contributed by atoms with Crippen LogP contribution >= 0.6 is 11.8 Å². The third-order valence-electron chi connectivity index (χ3n) is 2.20. The minimum Gasteiger partial charge on any atom is -0.327 e. The van der Waals surface area contributed by atoms with Gasteiger partial charge in [-0.3, -0.25) is 0 Å². The highest BCUT2D eigenvalue weighted by atomic mass is 32.2. The topological polar surface area (TPSA) is 69.6 Å². The number of hydrogen-bond donors (Lipinski definition) is 1. The van der Waals surface area contributed by atoms with Gasteiger partial charge in [0.25, 0.3) is 0 Å². The highest BCUT2D eigenvalue weighted by Gasteiger charge is 2.08. The van der Waals surface area contributed by atoms with E-state index in [0.29, 0.717) is 12.2 Å². The summed E-state index contributed by atoms with van der Waals surface area (Å²) in [6, 6.07) is 10.3. The van der Waals surface area contributed by atoms with Crippen molar-refractivity contribution in [3.05, 3.63) is 36.2 Å². The van der Waals surface area contributed by atoms with Crippen LogP contribution in [-0.2, 0) is 13.5 Å². The van der Waals surface area contributed by atoms with Crippen molar-refractivity contribution in [3.63, 3.8) is 0 Å². The van der Waals surface area contributed by atoms with Gasteiger partial charge in [0, 0.05) is 23.1 Å². The van der Waals surface area contributed by atoms with Gasteiger partial charge in [-0.05, 0) is 17.3 Å². The van der Waals surface area contributed by atoms with Crippen LogP contribution in [0.5, 0.6) is 0 Å². The minimum absolute atomic E-state index is 0.0457. The number of hydrogen-bond acceptors (Lipinski definition) is 5. The van der Waals surface area contributed by atoms with Gasteiger partial charge in [0.1, 0.15) is 0 Å². The third kappa shape index (κ3) is 3.83. The van der Waals surface area contributed by atoms with Crippen molar-refractivity contribution in [1.29, 1.82) is 0 Å². The minimum atomic E-state index is 0.0457. The molecule has 0 amide bonds. The molecule has 90 valence electrons. The van der Waals surface area contributed by atoms with Gasteiger partial charge in [0.15, 0.2) is 5.82 Å². The molecular weight excluding hydrogens is 234 g/mol. The monoisotopic (exact) mass is 249 g/mol. The first-order valence-electron chi connectivity index (χ1n) is 5.40. The Labute approximate surface area is 104 Å². The van der Waals surface area contributed by atoms with Crippen molar-refractivity contribution in [1.82, 2.24) is 20.2 Å². The van der Waals surface area contributed by atoms with Gasteiger partial charge >= 0.3 is 0 Å². The van der Waals surface area contributed by atoms with E-state index in [-0.39, 0.29) is 6.04 Å². The Morgan fingerprint density at radius 3 is 2.76 bits per heavy atom. The second-order valence-electron chi connectivity index (χ2n) is 3.78. The Morgan fingerprint density at radius 1 is 1.35 bits per heavy atom. The van der Waals surface area contributed by atoms with Crippen LogP contribution in [0.4, 0.5) is 0 Å². The molecule has 2 aromatic rings. The normalized spacial score (nSPS) is 12.6. The Hall–Kier alpha value is -1.40. The predicted molar refractivity (Wildman–Crippen MR) is 67.6 cm³/mol. The maximum Gasteiger partial charge on any atom is 0.176 e. The first kappa shape index (κ1) is 12.1. The average Bonchev–Trinajstić information content (AvgIpc) is 2.73. The van der Waals surface area contributed by atoms with Crippen LogP contribution in [0.3, 0.4) is 0 Å². The molecule has 2 rings (SSSR count). The van der Waals surface area contributed by atoms with Crippen LogP contribution in [0.25, 0.3) is 0 Å². The Bertz CT molecular complexity index is 456. The Kier molecular flexibility index (Phi) is 4.11. The molecule has 2 N–H and O–H groups in total. The van der Waals surface area contributed by atoms with Crippen molar-refractivity contribution in [2.45, 2.75) is 17.4 Å². The summed E-state index contributed by atoms with van der Waals surface area (Å²) in [5.74, 6) is 1.55. The molecule has 0 spiro atoms. The Balaban J connectivity index is 1.80. The summed E-state index contributed by atoms with van der Waals surface area (Å²) < 4.78 is 0. The molecule has 0 fully saturated rings. The lowest BCUT2D eigenvalue weighted by Gasteiger charge is -2.08. The van der Waals surface area contributed by atoms with Crippen molar-refractivity contribution in [2.75, 3.05) is 5.75 Å². The van der Waals surface area contributed by atoms with E-state index >= 15 is 0 Å². The van der Waals surface area contributed by atoms with E-state index in [1.807, 2.05) is 18.2 Å². The molecule has 0 saturated heterocycles. The number of aromatic nitrogens is 4. The molecule has 17 heavy (non-hydrogen) atoms. The standard InChI is InChI=1S/C11H15N5S/c1-16-14-11(13-15-16)7-9(12)8-17-10-5-3-2-4-6-10/h2-6,9H,7-8,12H2,1H3. The molecule has 0 saturated carbocycles. The smallest absolute Gasteiger partial charge is 0.176 e. The molecule has 0 bridgehead atoms. The quantitative estimate of drug-likeness (QED) is 0.796. The summed E-state index contributed by atoms with van der Waals surface area (Å²) in [7, 11) is 1.75. The van der Waals surface area contributed by atoms with Crippen molar-refractivity contribution in [3.8, 4) is 0 Å². The van der Waals surface area contributed by atoms with E-state index < -0.39 is 0 Å². The van der Waals surface area contributed by atoms with Gasteiger partial charge in [0.2, 0.25) is 0 Å². The lowest BCUT2D eigenvalue weighted by molar-refractivity contribution is 0.624. The molecule has 0 aliphatic heterocycles. The van der Waals surface area contributed by atoms with E-state index in [0.717, 1.165) is 5.75 Å². The maximum absolute atomic E-state index is 6.02. The fourth-order valence-corrected chi connectivity index (χ4v) is 2.29. The zero-order valence-electron chi connectivity index (χ0n) is 9.65. The fourth-order valence-electron chi connectivity index (χ4n) is 1.42. The SMILES string of the molecule is Cn1nnc(CC(N)CSc2ccccc2)n1. The molecule has 1 aromatic carbocycles. The van der Waals surface area contributed by atoms with Crippen molar-refractivity contribution < 1.29 is 0 Å². The lowest BCUT2D eigenvalue weighted by Crippen LogP contribution is -2.26. The van der Waals surface area contributed by atoms with Crippen LogP contribution < -0.4 is 5.73 Å². The highest BCUT2D eigenvalue weighted by Crippen LogP contribution is 2.17. The molecule has 0 radical (unpaired) electrons. The molecule has 1 unspecified atom stereocenters. The second kappa shape index (κ2) is 5.79. The van der Waals surface area contributed by atoms with Gasteiger partial charge < -0.3 is 5.73 Å². The van der Waals surface area contributed by atoms with Crippen molar-refractivity contribution in [2.24, 2.45) is 12.8 Å². The summed E-state index contributed by atoms with van der Waals surface area (Å²) in [4.78, 5) is 2.68. The first-order chi connectivity index (χ1) is 8.24. The third-order valence-corrected chi connectivity index (χ3v) is 3.40. The number of tetrazole rings is 1. The van der Waals surface area contributed by atoms with Gasteiger partial charge in [0.05, 0.1) is 7.05 Å². The average molecular weight is 249 g/mol. The molecule has 5 nitrogen and oxygen atoms in total. The maximum atomic E-state index is 6.02. The number of benzene rings is 1. The van der Waals surface area contributed by atoms with Gasteiger partial charge in [-0.15, -0.1) is 22.0 Å². The summed E-state index contributed by atoms with van der Waals surface area (Å²) >= 11 is 1.75. The number of nitrogens with zero attached hydrogens (tertiary/aromatic N) is 4. The largest absolute Gasteiger partial charge is 0.327 e. The van der Waals surface area contributed by atoms with Crippen LogP contribution in [0.1, 0.15) is 5.82 Å². The van der Waals surface area contributed by atoms with Gasteiger partial charge in [-0.1, -0.05) is 18.2 Å². The van der Waals surface area contributed by atoms with Crippen LogP contribution in [0.2, 0.25) is 0 Å². The summed E-state index contributed by atoms with van der Waals surface area (Å²) in [6.07, 6.45) is 0.660. The second-order valence-corrected chi connectivity index (χ2v) is 4.88. The van der Waals surface area contributed by atoms with Crippen LogP contribution in [0.15, 0.2) is 35.2 Å².